The van der Waals surface area contributed by atoms with Gasteiger partial charge < -0.3 is 14.2 Å². The fourth-order valence-electron chi connectivity index (χ4n) is 0.638. The Morgan fingerprint density at radius 3 is 3.31 bits per heavy atom. The zero-order valence-electron chi connectivity index (χ0n) is 11.0. The third-order valence-electron chi connectivity index (χ3n) is 1.14. The van der Waals surface area contributed by atoms with Crippen molar-refractivity contribution >= 4 is 11.8 Å². The van der Waals surface area contributed by atoms with Gasteiger partial charge in [0.1, 0.15) is 13.2 Å². The molecule has 1 heterocycles. The number of ketones is 1. The zero-order chi connectivity index (χ0) is 13.2. The molecule has 4 unspecified atom stereocenters. The van der Waals surface area contributed by atoms with Crippen LogP contribution in [0.3, 0.4) is 0 Å². The van der Waals surface area contributed by atoms with Gasteiger partial charge in [-0.3, -0.25) is 4.79 Å². The molecule has 13 heavy (non-hydrogen) atoms. The van der Waals surface area contributed by atoms with E-state index in [1.165, 1.54) is 6.92 Å². The van der Waals surface area contributed by atoms with E-state index in [2.05, 4.69) is 14.2 Å². The Bertz CT molecular complexity index is 325. The number of carbonyl (C=O) groups is 2. The molecule has 5 nitrogen and oxygen atoms in total. The standard InChI is InChI=1S/C8H12O5/c1-2-12-8(10)7-5-11-3-6(9)4-13-7/h7H,2-5H2,1H3/i3D,4D,5D,7D. The summed E-state index contributed by atoms with van der Waals surface area (Å²) in [5, 5.41) is 0. The number of ether oxygens (including phenoxy) is 3. The summed E-state index contributed by atoms with van der Waals surface area (Å²) < 4.78 is 43.1. The molecule has 0 spiro atoms. The first-order valence-electron chi connectivity index (χ1n) is 5.87. The Morgan fingerprint density at radius 1 is 1.85 bits per heavy atom. The van der Waals surface area contributed by atoms with Gasteiger partial charge in [-0.2, -0.15) is 0 Å². The average molecular weight is 192 g/mol. The van der Waals surface area contributed by atoms with Crippen LogP contribution in [0.25, 0.3) is 0 Å². The Hall–Kier alpha value is -0.940. The van der Waals surface area contributed by atoms with Crippen LogP contribution in [-0.2, 0) is 23.8 Å². The second kappa shape index (κ2) is 4.94. The molecule has 4 atom stereocenters. The summed E-state index contributed by atoms with van der Waals surface area (Å²) in [6.45, 7) is -4.22. The maximum absolute atomic E-state index is 11.5. The molecule has 0 bridgehead atoms. The molecule has 0 saturated carbocycles. The number of hydrogen-bond donors (Lipinski definition) is 0. The fourth-order valence-corrected chi connectivity index (χ4v) is 0.638. The molecule has 74 valence electrons. The van der Waals surface area contributed by atoms with E-state index in [0.717, 1.165) is 0 Å². The highest BCUT2D eigenvalue weighted by molar-refractivity contribution is 5.82. The van der Waals surface area contributed by atoms with Gasteiger partial charge in [0.25, 0.3) is 0 Å². The topological polar surface area (TPSA) is 61.8 Å². The maximum atomic E-state index is 11.5. The van der Waals surface area contributed by atoms with Crippen LogP contribution in [0.15, 0.2) is 0 Å². The van der Waals surface area contributed by atoms with Crippen LogP contribution in [0.4, 0.5) is 0 Å². The van der Waals surface area contributed by atoms with Crippen LogP contribution in [-0.4, -0.2) is 44.2 Å². The molecule has 0 aromatic carbocycles. The van der Waals surface area contributed by atoms with E-state index in [9.17, 15) is 9.59 Å². The summed E-state index contributed by atoms with van der Waals surface area (Å²) in [6, 6.07) is 0. The monoisotopic (exact) mass is 192 g/mol. The van der Waals surface area contributed by atoms with E-state index in [1.807, 2.05) is 0 Å². The van der Waals surface area contributed by atoms with Crippen LogP contribution in [0.1, 0.15) is 12.4 Å². The number of hydrogen-bond acceptors (Lipinski definition) is 5. The quantitative estimate of drug-likeness (QED) is 0.554. The number of Topliss-reactive ketones (excluding diaryl/α,β-unsaturated/α-hetero) is 1. The minimum Gasteiger partial charge on any atom is -0.464 e. The van der Waals surface area contributed by atoms with E-state index in [-0.39, 0.29) is 6.61 Å². The summed E-state index contributed by atoms with van der Waals surface area (Å²) >= 11 is 0. The van der Waals surface area contributed by atoms with Crippen molar-refractivity contribution in [2.75, 3.05) is 26.4 Å². The lowest BCUT2D eigenvalue weighted by molar-refractivity contribution is -0.158. The molecule has 1 fully saturated rings. The lowest BCUT2D eigenvalue weighted by Crippen LogP contribution is -2.30. The first-order chi connectivity index (χ1) is 7.82. The summed E-state index contributed by atoms with van der Waals surface area (Å²) in [6.07, 6.45) is -2.63. The zero-order valence-corrected chi connectivity index (χ0v) is 6.98. The molecule has 1 saturated heterocycles. The molecule has 0 aromatic rings. The predicted molar refractivity (Wildman–Crippen MR) is 42.2 cm³/mol. The molecular weight excluding hydrogens is 176 g/mol. The van der Waals surface area contributed by atoms with Crippen molar-refractivity contribution in [2.24, 2.45) is 0 Å². The third kappa shape index (κ3) is 3.12. The predicted octanol–water partition coefficient (Wildman–Crippen LogP) is -0.466. The lowest BCUT2D eigenvalue weighted by atomic mass is 10.4. The van der Waals surface area contributed by atoms with E-state index < -0.39 is 37.6 Å². The van der Waals surface area contributed by atoms with E-state index in [4.69, 9.17) is 5.48 Å². The molecule has 0 aliphatic carbocycles. The fraction of sp³-hybridized carbons (Fsp3) is 0.750. The Morgan fingerprint density at radius 2 is 2.62 bits per heavy atom. The van der Waals surface area contributed by atoms with Gasteiger partial charge in [-0.1, -0.05) is 0 Å². The molecule has 0 radical (unpaired) electrons. The van der Waals surface area contributed by atoms with Crippen molar-refractivity contribution in [1.29, 1.82) is 0 Å². The summed E-state index contributed by atoms with van der Waals surface area (Å²) in [7, 11) is 0. The highest BCUT2D eigenvalue weighted by Crippen LogP contribution is 2.01. The van der Waals surface area contributed by atoms with Crippen LogP contribution in [0.2, 0.25) is 0 Å². The second-order valence-corrected chi connectivity index (χ2v) is 2.09. The Balaban J connectivity index is 2.98. The third-order valence-corrected chi connectivity index (χ3v) is 1.14. The highest BCUT2D eigenvalue weighted by Gasteiger charge is 2.24. The number of esters is 1. The van der Waals surface area contributed by atoms with E-state index in [1.54, 1.807) is 0 Å². The van der Waals surface area contributed by atoms with Gasteiger partial charge in [-0.15, -0.1) is 0 Å². The van der Waals surface area contributed by atoms with Gasteiger partial charge in [0.2, 0.25) is 0 Å². The molecule has 0 N–H and O–H groups in total. The molecule has 1 rings (SSSR count). The van der Waals surface area contributed by atoms with E-state index >= 15 is 0 Å². The SMILES string of the molecule is [2H]C1OC([2H])C([2H])(C(=O)OCC)OC([2H])C1=O. The summed E-state index contributed by atoms with van der Waals surface area (Å²) in [4.78, 5) is 22.7. The first-order valence-corrected chi connectivity index (χ1v) is 3.64. The lowest BCUT2D eigenvalue weighted by Gasteiger charge is -2.11. The minimum absolute atomic E-state index is 0.0452. The average Bonchev–Trinajstić information content (AvgIpc) is 2.33. The van der Waals surface area contributed by atoms with Crippen molar-refractivity contribution in [1.82, 2.24) is 0 Å². The normalized spacial score (nSPS) is 50.8. The van der Waals surface area contributed by atoms with Gasteiger partial charge in [-0.25, -0.2) is 4.79 Å². The Kier molecular flexibility index (Phi) is 2.17. The van der Waals surface area contributed by atoms with Crippen LogP contribution < -0.4 is 0 Å². The Labute approximate surface area is 81.6 Å². The van der Waals surface area contributed by atoms with Crippen molar-refractivity contribution in [2.45, 2.75) is 13.0 Å². The van der Waals surface area contributed by atoms with Gasteiger partial charge >= 0.3 is 5.97 Å². The van der Waals surface area contributed by atoms with E-state index in [0.29, 0.717) is 0 Å². The van der Waals surface area contributed by atoms with Gasteiger partial charge in [0.05, 0.1) is 18.7 Å². The minimum atomic E-state index is -2.63. The first kappa shape index (κ1) is 5.72. The highest BCUT2D eigenvalue weighted by atomic mass is 16.6. The van der Waals surface area contributed by atoms with Crippen LogP contribution >= 0.6 is 0 Å². The maximum Gasteiger partial charge on any atom is 0.337 e. The smallest absolute Gasteiger partial charge is 0.337 e. The molecule has 5 heteroatoms. The summed E-state index contributed by atoms with van der Waals surface area (Å²) in [5.41, 5.74) is 0. The second-order valence-electron chi connectivity index (χ2n) is 2.09. The molecule has 1 aliphatic heterocycles. The van der Waals surface area contributed by atoms with Gasteiger partial charge in [-0.05, 0) is 6.92 Å². The van der Waals surface area contributed by atoms with Gasteiger partial charge in [0, 0.05) is 0 Å². The van der Waals surface area contributed by atoms with Crippen molar-refractivity contribution in [3.05, 3.63) is 0 Å². The van der Waals surface area contributed by atoms with Gasteiger partial charge in [0.15, 0.2) is 11.9 Å². The van der Waals surface area contributed by atoms with Crippen molar-refractivity contribution < 1.29 is 29.3 Å². The molecular formula is C8H12O5. The largest absolute Gasteiger partial charge is 0.464 e. The van der Waals surface area contributed by atoms with Crippen molar-refractivity contribution in [3.8, 4) is 0 Å². The number of carbonyl (C=O) groups excluding carboxylic acids is 2. The van der Waals surface area contributed by atoms with Crippen LogP contribution in [0, 0.1) is 0 Å². The molecule has 0 aromatic heterocycles. The van der Waals surface area contributed by atoms with Crippen LogP contribution in [0.5, 0.6) is 0 Å². The summed E-state index contributed by atoms with van der Waals surface area (Å²) in [5.74, 6) is -2.29. The number of rotatable bonds is 2. The van der Waals surface area contributed by atoms with Crippen molar-refractivity contribution in [3.63, 3.8) is 0 Å². The molecule has 1 aliphatic rings. The molecule has 0 amide bonds.